The Kier molecular flexibility index (Phi) is 4.24. The molecule has 0 nitrogen and oxygen atoms in total. The van der Waals surface area contributed by atoms with Crippen LogP contribution in [0.1, 0.15) is 19.4 Å². The van der Waals surface area contributed by atoms with E-state index >= 15 is 0 Å². The molecule has 102 valence electrons. The predicted octanol–water partition coefficient (Wildman–Crippen LogP) is 5.42. The normalized spacial score (nSPS) is 20.6. The van der Waals surface area contributed by atoms with E-state index in [-0.39, 0.29) is 0 Å². The fourth-order valence-corrected chi connectivity index (χ4v) is 3.07. The highest BCUT2D eigenvalue weighted by atomic mass is 14.3. The van der Waals surface area contributed by atoms with Gasteiger partial charge >= 0.3 is 0 Å². The predicted molar refractivity (Wildman–Crippen MR) is 88.6 cm³/mol. The summed E-state index contributed by atoms with van der Waals surface area (Å²) in [6.45, 7) is 16.5. The minimum absolute atomic E-state index is 0.348. The first-order valence-electron chi connectivity index (χ1n) is 7.02. The Labute approximate surface area is 122 Å². The van der Waals surface area contributed by atoms with Crippen molar-refractivity contribution in [3.8, 4) is 0 Å². The summed E-state index contributed by atoms with van der Waals surface area (Å²) in [6, 6.07) is 10.6. The van der Waals surface area contributed by atoms with Crippen molar-refractivity contribution in [2.45, 2.75) is 20.3 Å². The summed E-state index contributed by atoms with van der Waals surface area (Å²) in [5.41, 5.74) is 7.31. The molecule has 1 unspecified atom stereocenters. The van der Waals surface area contributed by atoms with Gasteiger partial charge < -0.3 is 0 Å². The van der Waals surface area contributed by atoms with Crippen LogP contribution in [0.3, 0.4) is 0 Å². The molecule has 1 aliphatic rings. The summed E-state index contributed by atoms with van der Waals surface area (Å²) in [5, 5.41) is 0. The smallest absolute Gasteiger partial charge is 0.0141 e. The number of rotatable bonds is 4. The lowest BCUT2D eigenvalue weighted by Crippen LogP contribution is -2.07. The van der Waals surface area contributed by atoms with Gasteiger partial charge in [-0.1, -0.05) is 67.8 Å². The quantitative estimate of drug-likeness (QED) is 0.679. The van der Waals surface area contributed by atoms with Gasteiger partial charge in [0.05, 0.1) is 0 Å². The summed E-state index contributed by atoms with van der Waals surface area (Å²) < 4.78 is 0. The van der Waals surface area contributed by atoms with E-state index in [0.717, 1.165) is 23.1 Å². The molecule has 0 saturated heterocycles. The average molecular weight is 262 g/mol. The molecule has 0 saturated carbocycles. The Morgan fingerprint density at radius 1 is 1.25 bits per heavy atom. The van der Waals surface area contributed by atoms with Crippen LogP contribution in [0.25, 0.3) is 0 Å². The second-order valence-corrected chi connectivity index (χ2v) is 5.28. The minimum Gasteiger partial charge on any atom is -0.0984 e. The van der Waals surface area contributed by atoms with E-state index in [1.165, 1.54) is 16.7 Å². The minimum atomic E-state index is 0.348. The maximum absolute atomic E-state index is 4.24. The van der Waals surface area contributed by atoms with Crippen molar-refractivity contribution in [3.05, 3.63) is 95.6 Å². The third-order valence-electron chi connectivity index (χ3n) is 3.95. The van der Waals surface area contributed by atoms with E-state index in [2.05, 4.69) is 70.0 Å². The molecule has 0 bridgehead atoms. The standard InChI is InChI=1S/C20H22/c1-6-17-15(5)18(7-2)20(14(3)4)19(17)13-16-11-9-8-10-12-16/h6-12,19H,2-3,5,13H2,1,4H3/b17-6+. The molecule has 1 aliphatic carbocycles. The number of benzene rings is 1. The largest absolute Gasteiger partial charge is 0.0984 e. The highest BCUT2D eigenvalue weighted by Gasteiger charge is 2.31. The van der Waals surface area contributed by atoms with Crippen LogP contribution in [0.4, 0.5) is 0 Å². The molecule has 0 aliphatic heterocycles. The summed E-state index contributed by atoms with van der Waals surface area (Å²) in [5.74, 6) is 0.348. The van der Waals surface area contributed by atoms with Crippen LogP contribution in [-0.4, -0.2) is 0 Å². The van der Waals surface area contributed by atoms with Gasteiger partial charge in [-0.15, -0.1) is 0 Å². The molecule has 0 heteroatoms. The van der Waals surface area contributed by atoms with E-state index in [4.69, 9.17) is 0 Å². The number of allylic oxidation sites excluding steroid dienone is 7. The van der Waals surface area contributed by atoms with Crippen molar-refractivity contribution in [3.63, 3.8) is 0 Å². The van der Waals surface area contributed by atoms with Crippen LogP contribution in [-0.2, 0) is 6.42 Å². The van der Waals surface area contributed by atoms with E-state index in [1.54, 1.807) is 0 Å². The molecule has 1 aromatic carbocycles. The molecule has 1 atom stereocenters. The first kappa shape index (κ1) is 14.3. The van der Waals surface area contributed by atoms with Crippen LogP contribution in [0.15, 0.2) is 90.1 Å². The van der Waals surface area contributed by atoms with Crippen LogP contribution < -0.4 is 0 Å². The summed E-state index contributed by atoms with van der Waals surface area (Å²) in [4.78, 5) is 0. The monoisotopic (exact) mass is 262 g/mol. The Morgan fingerprint density at radius 3 is 2.40 bits per heavy atom. The van der Waals surface area contributed by atoms with Crippen molar-refractivity contribution in [1.29, 1.82) is 0 Å². The van der Waals surface area contributed by atoms with Gasteiger partial charge in [0.15, 0.2) is 0 Å². The van der Waals surface area contributed by atoms with Gasteiger partial charge in [0.1, 0.15) is 0 Å². The molecule has 0 aromatic heterocycles. The molecule has 0 N–H and O–H groups in total. The van der Waals surface area contributed by atoms with Crippen molar-refractivity contribution in [2.24, 2.45) is 5.92 Å². The summed E-state index contributed by atoms with van der Waals surface area (Å²) in [7, 11) is 0. The second-order valence-electron chi connectivity index (χ2n) is 5.28. The molecule has 0 heterocycles. The zero-order valence-corrected chi connectivity index (χ0v) is 12.4. The molecule has 20 heavy (non-hydrogen) atoms. The second kappa shape index (κ2) is 5.92. The maximum atomic E-state index is 4.24. The zero-order valence-electron chi connectivity index (χ0n) is 12.4. The number of hydrogen-bond acceptors (Lipinski definition) is 0. The molecule has 0 radical (unpaired) electrons. The van der Waals surface area contributed by atoms with Gasteiger partial charge in [-0.2, -0.15) is 0 Å². The fourth-order valence-electron chi connectivity index (χ4n) is 3.07. The van der Waals surface area contributed by atoms with E-state index in [0.29, 0.717) is 5.92 Å². The van der Waals surface area contributed by atoms with Crippen molar-refractivity contribution < 1.29 is 0 Å². The molecule has 2 rings (SSSR count). The van der Waals surface area contributed by atoms with Crippen LogP contribution in [0.2, 0.25) is 0 Å². The highest BCUT2D eigenvalue weighted by Crippen LogP contribution is 2.45. The third-order valence-corrected chi connectivity index (χ3v) is 3.95. The summed E-state index contributed by atoms with van der Waals surface area (Å²) in [6.07, 6.45) is 5.08. The Hall–Kier alpha value is -2.08. The molecule has 1 aromatic rings. The van der Waals surface area contributed by atoms with E-state index < -0.39 is 0 Å². The van der Waals surface area contributed by atoms with Gasteiger partial charge in [0, 0.05) is 5.92 Å². The summed E-state index contributed by atoms with van der Waals surface area (Å²) >= 11 is 0. The van der Waals surface area contributed by atoms with Crippen LogP contribution in [0, 0.1) is 5.92 Å². The van der Waals surface area contributed by atoms with Gasteiger partial charge in [-0.05, 0) is 48.1 Å². The van der Waals surface area contributed by atoms with Crippen molar-refractivity contribution >= 4 is 0 Å². The van der Waals surface area contributed by atoms with E-state index in [9.17, 15) is 0 Å². The van der Waals surface area contributed by atoms with Crippen molar-refractivity contribution in [2.75, 3.05) is 0 Å². The number of hydrogen-bond donors (Lipinski definition) is 0. The lowest BCUT2D eigenvalue weighted by Gasteiger charge is -2.17. The maximum Gasteiger partial charge on any atom is 0.0141 e. The Morgan fingerprint density at radius 2 is 1.90 bits per heavy atom. The first-order chi connectivity index (χ1) is 9.60. The molecule has 0 spiro atoms. The molecule has 0 fully saturated rings. The topological polar surface area (TPSA) is 0 Å². The highest BCUT2D eigenvalue weighted by molar-refractivity contribution is 5.65. The Bertz CT molecular complexity index is 609. The van der Waals surface area contributed by atoms with Gasteiger partial charge in [0.25, 0.3) is 0 Å². The van der Waals surface area contributed by atoms with E-state index in [1.807, 2.05) is 6.08 Å². The third kappa shape index (κ3) is 2.46. The lowest BCUT2D eigenvalue weighted by atomic mass is 9.86. The van der Waals surface area contributed by atoms with Gasteiger partial charge in [0.2, 0.25) is 0 Å². The molecular formula is C20H22. The first-order valence-corrected chi connectivity index (χ1v) is 7.02. The lowest BCUT2D eigenvalue weighted by molar-refractivity contribution is 0.744. The van der Waals surface area contributed by atoms with Crippen molar-refractivity contribution in [1.82, 2.24) is 0 Å². The van der Waals surface area contributed by atoms with Crippen LogP contribution >= 0.6 is 0 Å². The average Bonchev–Trinajstić information content (AvgIpc) is 2.71. The van der Waals surface area contributed by atoms with Gasteiger partial charge in [-0.3, -0.25) is 0 Å². The van der Waals surface area contributed by atoms with Gasteiger partial charge in [-0.25, -0.2) is 0 Å². The molecular weight excluding hydrogens is 240 g/mol. The zero-order chi connectivity index (χ0) is 14.7. The Balaban J connectivity index is 2.47. The van der Waals surface area contributed by atoms with Crippen LogP contribution in [0.5, 0.6) is 0 Å². The molecule has 0 amide bonds. The fraction of sp³-hybridized carbons (Fsp3) is 0.200. The SMILES string of the molecule is C=CC1=C(C(=C)C)C(Cc2ccccc2)/C(=C/C)C1=C.